The van der Waals surface area contributed by atoms with Gasteiger partial charge in [-0.25, -0.2) is 4.79 Å². The van der Waals surface area contributed by atoms with Crippen LogP contribution in [0.25, 0.3) is 0 Å². The Morgan fingerprint density at radius 1 is 1.29 bits per heavy atom. The largest absolute Gasteiger partial charge is 0.480 e. The number of hydrogen-bond acceptors (Lipinski definition) is 3. The minimum atomic E-state index is -4.48. The van der Waals surface area contributed by atoms with E-state index in [1.807, 2.05) is 6.07 Å². The van der Waals surface area contributed by atoms with Crippen LogP contribution < -0.4 is 0 Å². The van der Waals surface area contributed by atoms with E-state index >= 15 is 0 Å². The van der Waals surface area contributed by atoms with Crippen LogP contribution in [0, 0.1) is 0 Å². The summed E-state index contributed by atoms with van der Waals surface area (Å²) in [6.45, 7) is -0.663. The van der Waals surface area contributed by atoms with Gasteiger partial charge in [-0.1, -0.05) is 30.3 Å². The molecular weight excluding hydrogens is 289 g/mol. The Morgan fingerprint density at radius 3 is 2.52 bits per heavy atom. The molecule has 4 nitrogen and oxygen atoms in total. The fourth-order valence-electron chi connectivity index (χ4n) is 1.42. The molecule has 1 aromatic rings. The highest BCUT2D eigenvalue weighted by molar-refractivity contribution is 5.68. The second-order valence-corrected chi connectivity index (χ2v) is 4.14. The van der Waals surface area contributed by atoms with Crippen LogP contribution in [0.15, 0.2) is 42.5 Å². The van der Waals surface area contributed by atoms with Gasteiger partial charge in [-0.05, 0) is 11.6 Å². The van der Waals surface area contributed by atoms with Crippen molar-refractivity contribution >= 4 is 5.97 Å². The van der Waals surface area contributed by atoms with Gasteiger partial charge in [-0.2, -0.15) is 13.2 Å². The summed E-state index contributed by atoms with van der Waals surface area (Å²) in [5, 5.41) is 8.48. The van der Waals surface area contributed by atoms with E-state index in [0.29, 0.717) is 0 Å². The number of benzene rings is 1. The lowest BCUT2D eigenvalue weighted by Gasteiger charge is -2.14. The molecule has 0 saturated carbocycles. The molecule has 116 valence electrons. The van der Waals surface area contributed by atoms with Crippen molar-refractivity contribution < 1.29 is 32.5 Å². The molecule has 0 aliphatic heterocycles. The number of allylic oxidation sites excluding steroid dienone is 1. The average Bonchev–Trinajstić information content (AvgIpc) is 2.41. The van der Waals surface area contributed by atoms with Crippen molar-refractivity contribution in [3.8, 4) is 0 Å². The number of alkyl halides is 3. The van der Waals surface area contributed by atoms with Crippen LogP contribution in [0.5, 0.6) is 0 Å². The molecule has 0 aliphatic rings. The highest BCUT2D eigenvalue weighted by Crippen LogP contribution is 2.17. The Kier molecular flexibility index (Phi) is 6.90. The van der Waals surface area contributed by atoms with Crippen molar-refractivity contribution in [1.82, 2.24) is 0 Å². The van der Waals surface area contributed by atoms with Crippen molar-refractivity contribution in [2.24, 2.45) is 0 Å². The van der Waals surface area contributed by atoms with Gasteiger partial charge in [-0.15, -0.1) is 0 Å². The Labute approximate surface area is 119 Å². The van der Waals surface area contributed by atoms with E-state index in [-0.39, 0.29) is 19.3 Å². The summed E-state index contributed by atoms with van der Waals surface area (Å²) in [5.74, 6) is -1.26. The van der Waals surface area contributed by atoms with Gasteiger partial charge in [0.25, 0.3) is 0 Å². The van der Waals surface area contributed by atoms with Crippen LogP contribution in [0.3, 0.4) is 0 Å². The zero-order valence-corrected chi connectivity index (χ0v) is 11.0. The van der Waals surface area contributed by atoms with E-state index in [4.69, 9.17) is 14.6 Å². The monoisotopic (exact) mass is 304 g/mol. The average molecular weight is 304 g/mol. The number of carboxylic acids is 1. The summed E-state index contributed by atoms with van der Waals surface area (Å²) >= 11 is 0. The fraction of sp³-hybridized carbons (Fsp3) is 0.357. The molecule has 0 amide bonds. The SMILES string of the molecule is O=C(O)COC(/C=C/C(F)(F)F)COCc1ccccc1. The first-order valence-electron chi connectivity index (χ1n) is 6.08. The number of halogens is 3. The molecule has 1 aromatic carbocycles. The molecule has 0 spiro atoms. The van der Waals surface area contributed by atoms with Crippen LogP contribution >= 0.6 is 0 Å². The van der Waals surface area contributed by atoms with E-state index in [1.165, 1.54) is 0 Å². The van der Waals surface area contributed by atoms with E-state index in [0.717, 1.165) is 11.6 Å². The number of carbonyl (C=O) groups is 1. The maximum absolute atomic E-state index is 12.1. The van der Waals surface area contributed by atoms with Gasteiger partial charge in [0.05, 0.1) is 13.2 Å². The van der Waals surface area contributed by atoms with Crippen LogP contribution in [0.4, 0.5) is 13.2 Å². The number of ether oxygens (including phenoxy) is 2. The predicted molar refractivity (Wildman–Crippen MR) is 68.7 cm³/mol. The third-order valence-electron chi connectivity index (χ3n) is 2.31. The van der Waals surface area contributed by atoms with Gasteiger partial charge in [0.2, 0.25) is 0 Å². The van der Waals surface area contributed by atoms with Crippen molar-refractivity contribution in [2.75, 3.05) is 13.2 Å². The van der Waals surface area contributed by atoms with Gasteiger partial charge in [-0.3, -0.25) is 0 Å². The molecule has 0 aliphatic carbocycles. The molecular formula is C14H15F3O4. The first-order valence-corrected chi connectivity index (χ1v) is 6.08. The highest BCUT2D eigenvalue weighted by atomic mass is 19.4. The lowest BCUT2D eigenvalue weighted by molar-refractivity contribution is -0.144. The summed E-state index contributed by atoms with van der Waals surface area (Å²) in [7, 11) is 0. The van der Waals surface area contributed by atoms with Gasteiger partial charge in [0, 0.05) is 6.08 Å². The van der Waals surface area contributed by atoms with E-state index < -0.39 is 24.9 Å². The first-order chi connectivity index (χ1) is 9.87. The molecule has 1 N–H and O–H groups in total. The smallest absolute Gasteiger partial charge is 0.409 e. The van der Waals surface area contributed by atoms with E-state index in [9.17, 15) is 18.0 Å². The third-order valence-corrected chi connectivity index (χ3v) is 2.31. The normalized spacial score (nSPS) is 13.5. The number of carboxylic acid groups (broad SMARTS) is 1. The minimum absolute atomic E-state index is 0.00535. The van der Waals surface area contributed by atoms with Gasteiger partial charge >= 0.3 is 12.1 Å². The zero-order chi connectivity index (χ0) is 15.7. The summed E-state index contributed by atoms with van der Waals surface area (Å²) < 4.78 is 46.4. The number of aliphatic carboxylic acids is 1. The molecule has 1 unspecified atom stereocenters. The number of rotatable bonds is 8. The maximum atomic E-state index is 12.1. The summed E-state index contributed by atoms with van der Waals surface area (Å²) in [5.41, 5.74) is 0.856. The lowest BCUT2D eigenvalue weighted by Crippen LogP contribution is -2.22. The Hall–Kier alpha value is -1.86. The van der Waals surface area contributed by atoms with E-state index in [1.54, 1.807) is 24.3 Å². The Morgan fingerprint density at radius 2 is 1.95 bits per heavy atom. The third kappa shape index (κ3) is 8.83. The standard InChI is InChI=1S/C14H15F3O4/c15-14(16,17)7-6-12(21-10-13(18)19)9-20-8-11-4-2-1-3-5-11/h1-7,12H,8-10H2,(H,18,19)/b7-6+. The molecule has 1 atom stereocenters. The topological polar surface area (TPSA) is 55.8 Å². The van der Waals surface area contributed by atoms with Crippen LogP contribution in [-0.4, -0.2) is 36.6 Å². The van der Waals surface area contributed by atoms with Crippen LogP contribution in [0.2, 0.25) is 0 Å². The molecule has 0 bridgehead atoms. The second-order valence-electron chi connectivity index (χ2n) is 4.14. The summed E-state index contributed by atoms with van der Waals surface area (Å²) in [6, 6.07) is 9.05. The second kappa shape index (κ2) is 8.43. The summed E-state index contributed by atoms with van der Waals surface area (Å²) in [6.07, 6.45) is -4.81. The Balaban J connectivity index is 2.48. The lowest BCUT2D eigenvalue weighted by atomic mass is 10.2. The van der Waals surface area contributed by atoms with Gasteiger partial charge in [0.15, 0.2) is 0 Å². The predicted octanol–water partition coefficient (Wildman–Crippen LogP) is 2.79. The van der Waals surface area contributed by atoms with Crippen molar-refractivity contribution in [1.29, 1.82) is 0 Å². The molecule has 7 heteroatoms. The fourth-order valence-corrected chi connectivity index (χ4v) is 1.42. The summed E-state index contributed by atoms with van der Waals surface area (Å²) in [4.78, 5) is 10.4. The molecule has 0 heterocycles. The zero-order valence-electron chi connectivity index (χ0n) is 11.0. The van der Waals surface area contributed by atoms with Crippen LogP contribution in [-0.2, 0) is 20.9 Å². The molecule has 0 radical (unpaired) electrons. The highest BCUT2D eigenvalue weighted by Gasteiger charge is 2.23. The minimum Gasteiger partial charge on any atom is -0.480 e. The first kappa shape index (κ1) is 17.2. The molecule has 0 saturated heterocycles. The van der Waals surface area contributed by atoms with Crippen molar-refractivity contribution in [3.05, 3.63) is 48.0 Å². The van der Waals surface area contributed by atoms with Gasteiger partial charge in [0.1, 0.15) is 12.7 Å². The Bertz CT molecular complexity index is 457. The molecule has 21 heavy (non-hydrogen) atoms. The maximum Gasteiger partial charge on any atom is 0.409 e. The van der Waals surface area contributed by atoms with Gasteiger partial charge < -0.3 is 14.6 Å². The van der Waals surface area contributed by atoms with Crippen molar-refractivity contribution in [2.45, 2.75) is 18.9 Å². The van der Waals surface area contributed by atoms with Crippen LogP contribution in [0.1, 0.15) is 5.56 Å². The molecule has 0 fully saturated rings. The van der Waals surface area contributed by atoms with E-state index in [2.05, 4.69) is 0 Å². The quantitative estimate of drug-likeness (QED) is 0.750. The van der Waals surface area contributed by atoms with Crippen molar-refractivity contribution in [3.63, 3.8) is 0 Å². The molecule has 1 rings (SSSR count). The molecule has 0 aromatic heterocycles. The number of hydrogen-bond donors (Lipinski definition) is 1.